The third kappa shape index (κ3) is 3.42. The van der Waals surface area contributed by atoms with Gasteiger partial charge in [-0.05, 0) is 32.2 Å². The molecule has 0 saturated carbocycles. The zero-order chi connectivity index (χ0) is 12.0. The first-order chi connectivity index (χ1) is 7.66. The highest BCUT2D eigenvalue weighted by atomic mass is 16.5. The van der Waals surface area contributed by atoms with E-state index < -0.39 is 0 Å². The molecular formula is C12H26N2O2. The molecule has 4 heteroatoms. The summed E-state index contributed by atoms with van der Waals surface area (Å²) in [4.78, 5) is 2.50. The van der Waals surface area contributed by atoms with Crippen LogP contribution in [0.2, 0.25) is 0 Å². The highest BCUT2D eigenvalue weighted by molar-refractivity contribution is 4.92. The van der Waals surface area contributed by atoms with Crippen LogP contribution in [-0.2, 0) is 9.47 Å². The van der Waals surface area contributed by atoms with Gasteiger partial charge in [-0.15, -0.1) is 0 Å². The zero-order valence-corrected chi connectivity index (χ0v) is 10.9. The van der Waals surface area contributed by atoms with E-state index in [4.69, 9.17) is 15.2 Å². The molecule has 1 aliphatic heterocycles. The summed E-state index contributed by atoms with van der Waals surface area (Å²) in [6.45, 7) is 6.80. The van der Waals surface area contributed by atoms with E-state index in [1.165, 1.54) is 6.42 Å². The molecule has 0 aliphatic carbocycles. The Morgan fingerprint density at radius 3 is 2.69 bits per heavy atom. The van der Waals surface area contributed by atoms with Crippen molar-refractivity contribution in [3.63, 3.8) is 0 Å². The number of methoxy groups -OCH3 is 2. The quantitative estimate of drug-likeness (QED) is 0.700. The predicted molar refractivity (Wildman–Crippen MR) is 65.5 cm³/mol. The van der Waals surface area contributed by atoms with Crippen LogP contribution in [0.1, 0.15) is 19.8 Å². The van der Waals surface area contributed by atoms with Crippen LogP contribution >= 0.6 is 0 Å². The van der Waals surface area contributed by atoms with Crippen LogP contribution in [-0.4, -0.2) is 57.5 Å². The van der Waals surface area contributed by atoms with Crippen LogP contribution in [0.3, 0.4) is 0 Å². The zero-order valence-electron chi connectivity index (χ0n) is 10.9. The maximum Gasteiger partial charge on any atom is 0.0503 e. The van der Waals surface area contributed by atoms with Crippen molar-refractivity contribution in [3.8, 4) is 0 Å². The minimum absolute atomic E-state index is 0.0818. The van der Waals surface area contributed by atoms with Crippen molar-refractivity contribution in [1.82, 2.24) is 4.90 Å². The van der Waals surface area contributed by atoms with E-state index >= 15 is 0 Å². The normalized spacial score (nSPS) is 25.9. The lowest BCUT2D eigenvalue weighted by Gasteiger charge is -2.38. The van der Waals surface area contributed by atoms with Gasteiger partial charge in [-0.25, -0.2) is 0 Å². The molecule has 0 spiro atoms. The number of hydrogen-bond donors (Lipinski definition) is 1. The Kier molecular flexibility index (Phi) is 5.69. The van der Waals surface area contributed by atoms with Crippen molar-refractivity contribution in [2.75, 3.05) is 47.1 Å². The predicted octanol–water partition coefficient (Wildman–Crippen LogP) is 0.709. The molecule has 16 heavy (non-hydrogen) atoms. The van der Waals surface area contributed by atoms with Crippen molar-refractivity contribution in [2.45, 2.75) is 25.3 Å². The molecule has 0 aromatic rings. The SMILES string of the molecule is COCCC(C)(CN)N1CCC(COC)C1. The van der Waals surface area contributed by atoms with Crippen LogP contribution in [0.4, 0.5) is 0 Å². The summed E-state index contributed by atoms with van der Waals surface area (Å²) < 4.78 is 10.4. The summed E-state index contributed by atoms with van der Waals surface area (Å²) >= 11 is 0. The lowest BCUT2D eigenvalue weighted by atomic mass is 9.96. The lowest BCUT2D eigenvalue weighted by Crippen LogP contribution is -2.51. The van der Waals surface area contributed by atoms with Gasteiger partial charge in [0.1, 0.15) is 0 Å². The molecule has 1 heterocycles. The fraction of sp³-hybridized carbons (Fsp3) is 1.00. The molecule has 4 nitrogen and oxygen atoms in total. The highest BCUT2D eigenvalue weighted by Crippen LogP contribution is 2.27. The summed E-state index contributed by atoms with van der Waals surface area (Å²) in [5.74, 6) is 0.665. The smallest absolute Gasteiger partial charge is 0.0503 e. The highest BCUT2D eigenvalue weighted by Gasteiger charge is 2.35. The molecular weight excluding hydrogens is 204 g/mol. The molecule has 1 aliphatic rings. The number of ether oxygens (including phenoxy) is 2. The first-order valence-electron chi connectivity index (χ1n) is 6.09. The molecule has 2 unspecified atom stereocenters. The molecule has 0 bridgehead atoms. The van der Waals surface area contributed by atoms with Crippen LogP contribution in [0.5, 0.6) is 0 Å². The first kappa shape index (κ1) is 13.9. The molecule has 0 radical (unpaired) electrons. The van der Waals surface area contributed by atoms with Crippen LogP contribution in [0.15, 0.2) is 0 Å². The monoisotopic (exact) mass is 230 g/mol. The Hall–Kier alpha value is -0.160. The number of nitrogens with two attached hydrogens (primary N) is 1. The standard InChI is InChI=1S/C12H26N2O2/c1-12(10-13,5-7-15-2)14-6-4-11(8-14)9-16-3/h11H,4-10,13H2,1-3H3. The van der Waals surface area contributed by atoms with E-state index in [0.717, 1.165) is 32.7 Å². The van der Waals surface area contributed by atoms with E-state index in [1.54, 1.807) is 14.2 Å². The largest absolute Gasteiger partial charge is 0.385 e. The summed E-state index contributed by atoms with van der Waals surface area (Å²) in [5, 5.41) is 0. The molecule has 1 rings (SSSR count). The van der Waals surface area contributed by atoms with E-state index in [-0.39, 0.29) is 5.54 Å². The van der Waals surface area contributed by atoms with Gasteiger partial charge >= 0.3 is 0 Å². The van der Waals surface area contributed by atoms with Crippen molar-refractivity contribution < 1.29 is 9.47 Å². The van der Waals surface area contributed by atoms with Gasteiger partial charge in [0.15, 0.2) is 0 Å². The first-order valence-corrected chi connectivity index (χ1v) is 6.09. The molecule has 1 saturated heterocycles. The van der Waals surface area contributed by atoms with E-state index in [9.17, 15) is 0 Å². The van der Waals surface area contributed by atoms with Gasteiger partial charge < -0.3 is 15.2 Å². The second-order valence-electron chi connectivity index (χ2n) is 5.00. The number of hydrogen-bond acceptors (Lipinski definition) is 4. The van der Waals surface area contributed by atoms with E-state index in [2.05, 4.69) is 11.8 Å². The molecule has 2 atom stereocenters. The van der Waals surface area contributed by atoms with Gasteiger partial charge in [-0.2, -0.15) is 0 Å². The Balaban J connectivity index is 2.47. The average molecular weight is 230 g/mol. The van der Waals surface area contributed by atoms with E-state index in [1.807, 2.05) is 0 Å². The second-order valence-corrected chi connectivity index (χ2v) is 5.00. The summed E-state index contributed by atoms with van der Waals surface area (Å²) in [6, 6.07) is 0. The van der Waals surface area contributed by atoms with Crippen LogP contribution in [0.25, 0.3) is 0 Å². The van der Waals surface area contributed by atoms with Gasteiger partial charge in [0.2, 0.25) is 0 Å². The van der Waals surface area contributed by atoms with Crippen molar-refractivity contribution >= 4 is 0 Å². The number of nitrogens with zero attached hydrogens (tertiary/aromatic N) is 1. The van der Waals surface area contributed by atoms with Gasteiger partial charge in [-0.1, -0.05) is 0 Å². The molecule has 1 fully saturated rings. The maximum atomic E-state index is 5.92. The topological polar surface area (TPSA) is 47.7 Å². The molecule has 0 aromatic carbocycles. The maximum absolute atomic E-state index is 5.92. The fourth-order valence-electron chi connectivity index (χ4n) is 2.41. The summed E-state index contributed by atoms with van der Waals surface area (Å²) in [7, 11) is 3.52. The van der Waals surface area contributed by atoms with Gasteiger partial charge in [0, 0.05) is 39.5 Å². The molecule has 2 N–H and O–H groups in total. The Bertz CT molecular complexity index is 201. The van der Waals surface area contributed by atoms with Gasteiger partial charge in [0.25, 0.3) is 0 Å². The van der Waals surface area contributed by atoms with E-state index in [0.29, 0.717) is 12.5 Å². The summed E-state index contributed by atoms with van der Waals surface area (Å²) in [6.07, 6.45) is 2.22. The molecule has 0 amide bonds. The molecule has 96 valence electrons. The Morgan fingerprint density at radius 2 is 2.12 bits per heavy atom. The summed E-state index contributed by atoms with van der Waals surface area (Å²) in [5.41, 5.74) is 6.00. The third-order valence-corrected chi connectivity index (χ3v) is 3.74. The minimum atomic E-state index is 0.0818. The average Bonchev–Trinajstić information content (AvgIpc) is 2.75. The Labute approximate surface area is 99.1 Å². The van der Waals surface area contributed by atoms with Gasteiger partial charge in [0.05, 0.1) is 6.61 Å². The third-order valence-electron chi connectivity index (χ3n) is 3.74. The second kappa shape index (κ2) is 6.55. The molecule has 0 aromatic heterocycles. The van der Waals surface area contributed by atoms with Gasteiger partial charge in [-0.3, -0.25) is 4.90 Å². The van der Waals surface area contributed by atoms with Crippen LogP contribution in [0, 0.1) is 5.92 Å². The van der Waals surface area contributed by atoms with Crippen molar-refractivity contribution in [3.05, 3.63) is 0 Å². The number of rotatable bonds is 7. The van der Waals surface area contributed by atoms with Crippen molar-refractivity contribution in [1.29, 1.82) is 0 Å². The Morgan fingerprint density at radius 1 is 1.38 bits per heavy atom. The van der Waals surface area contributed by atoms with Crippen LogP contribution < -0.4 is 5.73 Å². The fourth-order valence-corrected chi connectivity index (χ4v) is 2.41. The minimum Gasteiger partial charge on any atom is -0.385 e. The van der Waals surface area contributed by atoms with Crippen molar-refractivity contribution in [2.24, 2.45) is 11.7 Å². The lowest BCUT2D eigenvalue weighted by molar-refractivity contribution is 0.0782. The number of likely N-dealkylation sites (tertiary alicyclic amines) is 1.